The summed E-state index contributed by atoms with van der Waals surface area (Å²) in [5, 5.41) is 10.0. The highest BCUT2D eigenvalue weighted by molar-refractivity contribution is 7.40. The van der Waals surface area contributed by atoms with Gasteiger partial charge in [0.05, 0.1) is 18.8 Å². The van der Waals surface area contributed by atoms with Crippen LogP contribution in [0.4, 0.5) is 14.6 Å². The molecular formula is C13H22F2N3O6P. The molecule has 1 aromatic heterocycles. The SMILES string of the molecule is CC(C)OP(O)OCC1CC(O)C(n2ccc(N)nc2=O)O1.FCF. The zero-order valence-electron chi connectivity index (χ0n) is 13.8. The van der Waals surface area contributed by atoms with E-state index >= 15 is 0 Å². The average Bonchev–Trinajstić information content (AvgIpc) is 2.86. The molecule has 2 heterocycles. The Labute approximate surface area is 144 Å². The molecule has 1 aliphatic heterocycles. The van der Waals surface area contributed by atoms with Crippen molar-refractivity contribution in [2.45, 2.75) is 44.8 Å². The first-order valence-electron chi connectivity index (χ1n) is 7.37. The topological polar surface area (TPSA) is 129 Å². The van der Waals surface area contributed by atoms with Crippen molar-refractivity contribution in [1.29, 1.82) is 0 Å². The molecule has 0 aliphatic carbocycles. The molecule has 1 saturated heterocycles. The van der Waals surface area contributed by atoms with Gasteiger partial charge in [0.25, 0.3) is 0 Å². The maximum absolute atomic E-state index is 11.8. The highest BCUT2D eigenvalue weighted by Gasteiger charge is 2.36. The van der Waals surface area contributed by atoms with Gasteiger partial charge in [0.1, 0.15) is 11.9 Å². The van der Waals surface area contributed by atoms with Crippen molar-refractivity contribution in [3.8, 4) is 0 Å². The minimum atomic E-state index is -1.99. The summed E-state index contributed by atoms with van der Waals surface area (Å²) in [6.45, 7) is 1.86. The van der Waals surface area contributed by atoms with E-state index in [0.29, 0.717) is 0 Å². The Morgan fingerprint density at radius 3 is 2.76 bits per heavy atom. The van der Waals surface area contributed by atoms with Gasteiger partial charge in [-0.3, -0.25) is 4.57 Å². The molecule has 2 rings (SSSR count). The van der Waals surface area contributed by atoms with Crippen molar-refractivity contribution in [2.75, 3.05) is 19.3 Å². The van der Waals surface area contributed by atoms with Crippen LogP contribution in [-0.4, -0.2) is 51.4 Å². The molecule has 9 nitrogen and oxygen atoms in total. The van der Waals surface area contributed by atoms with Gasteiger partial charge in [-0.25, -0.2) is 13.6 Å². The minimum absolute atomic E-state index is 0.0552. The van der Waals surface area contributed by atoms with E-state index in [1.54, 1.807) is 13.8 Å². The van der Waals surface area contributed by atoms with Crippen molar-refractivity contribution < 1.29 is 32.6 Å². The molecule has 4 N–H and O–H groups in total. The monoisotopic (exact) mass is 385 g/mol. The van der Waals surface area contributed by atoms with Crippen molar-refractivity contribution in [3.05, 3.63) is 22.7 Å². The third-order valence-electron chi connectivity index (χ3n) is 2.96. The van der Waals surface area contributed by atoms with Crippen molar-refractivity contribution in [3.63, 3.8) is 0 Å². The summed E-state index contributed by atoms with van der Waals surface area (Å²) >= 11 is 0. The van der Waals surface area contributed by atoms with Crippen LogP contribution in [0.3, 0.4) is 0 Å². The van der Waals surface area contributed by atoms with Crippen molar-refractivity contribution in [2.24, 2.45) is 0 Å². The Balaban J connectivity index is 0.000000970. The zero-order chi connectivity index (χ0) is 19.0. The lowest BCUT2D eigenvalue weighted by Crippen LogP contribution is -2.31. The van der Waals surface area contributed by atoms with Crippen LogP contribution in [0.15, 0.2) is 17.1 Å². The normalized spacial score (nSPS) is 24.0. The van der Waals surface area contributed by atoms with Crippen LogP contribution in [-0.2, 0) is 13.8 Å². The van der Waals surface area contributed by atoms with Gasteiger partial charge in [0, 0.05) is 12.6 Å². The Bertz CT molecular complexity index is 579. The second-order valence-corrected chi connectivity index (χ2v) is 6.23. The number of nitrogen functional groups attached to an aromatic ring is 1. The average molecular weight is 385 g/mol. The van der Waals surface area contributed by atoms with Crippen LogP contribution in [0, 0.1) is 0 Å². The summed E-state index contributed by atoms with van der Waals surface area (Å²) in [7, 11) is -1.99. The number of rotatable bonds is 6. The number of nitrogens with two attached hydrogens (primary N) is 1. The first kappa shape index (κ1) is 21.8. The Kier molecular flexibility index (Phi) is 9.33. The van der Waals surface area contributed by atoms with Gasteiger partial charge in [0.15, 0.2) is 6.23 Å². The van der Waals surface area contributed by atoms with E-state index in [2.05, 4.69) is 4.98 Å². The van der Waals surface area contributed by atoms with E-state index < -0.39 is 39.7 Å². The van der Waals surface area contributed by atoms with E-state index in [1.165, 1.54) is 16.8 Å². The Hall–Kier alpha value is -1.23. The largest absolute Gasteiger partial charge is 0.388 e. The summed E-state index contributed by atoms with van der Waals surface area (Å²) in [6, 6.07) is 1.45. The fourth-order valence-electron chi connectivity index (χ4n) is 2.06. The number of ether oxygens (including phenoxy) is 1. The number of alkyl halides is 2. The molecule has 4 atom stereocenters. The molecular weight excluding hydrogens is 363 g/mol. The fraction of sp³-hybridized carbons (Fsp3) is 0.692. The predicted octanol–water partition coefficient (Wildman–Crippen LogP) is 1.02. The van der Waals surface area contributed by atoms with E-state index in [9.17, 15) is 23.6 Å². The second kappa shape index (κ2) is 10.7. The van der Waals surface area contributed by atoms with E-state index in [4.69, 9.17) is 19.5 Å². The number of aliphatic hydroxyl groups excluding tert-OH is 1. The molecule has 0 aromatic carbocycles. The van der Waals surface area contributed by atoms with Crippen molar-refractivity contribution >= 4 is 14.4 Å². The lowest BCUT2D eigenvalue weighted by Gasteiger charge is -2.18. The van der Waals surface area contributed by atoms with Gasteiger partial charge in [-0.1, -0.05) is 0 Å². The highest BCUT2D eigenvalue weighted by atomic mass is 31.2. The summed E-state index contributed by atoms with van der Waals surface area (Å²) < 4.78 is 36.2. The van der Waals surface area contributed by atoms with E-state index in [0.717, 1.165) is 0 Å². The van der Waals surface area contributed by atoms with Gasteiger partial charge in [-0.05, 0) is 19.9 Å². The first-order chi connectivity index (χ1) is 11.8. The molecule has 0 amide bonds. The van der Waals surface area contributed by atoms with Gasteiger partial charge in [-0.2, -0.15) is 4.98 Å². The lowest BCUT2D eigenvalue weighted by molar-refractivity contribution is -0.0518. The van der Waals surface area contributed by atoms with Crippen LogP contribution >= 0.6 is 8.60 Å². The van der Waals surface area contributed by atoms with Gasteiger partial charge < -0.3 is 29.5 Å². The first-order valence-corrected chi connectivity index (χ1v) is 8.50. The van der Waals surface area contributed by atoms with Crippen LogP contribution in [0.5, 0.6) is 0 Å². The summed E-state index contributed by atoms with van der Waals surface area (Å²) in [5.74, 6) is 0.102. The number of halogens is 2. The molecule has 25 heavy (non-hydrogen) atoms. The molecule has 144 valence electrons. The molecule has 1 aliphatic rings. The molecule has 0 bridgehead atoms. The number of hydrogen-bond acceptors (Lipinski definition) is 8. The standard InChI is InChI=1S/C12H20N3O6P.CH2F2/c1-7(2)21-22(18)19-6-8-5-9(16)11(20-8)15-4-3-10(13)14-12(15)17;2-1-3/h3-4,7-9,11,16,18H,5-6H2,1-2H3,(H2,13,14,17);1H2. The molecule has 1 aromatic rings. The van der Waals surface area contributed by atoms with E-state index in [1.807, 2.05) is 0 Å². The van der Waals surface area contributed by atoms with Crippen LogP contribution in [0.2, 0.25) is 0 Å². The van der Waals surface area contributed by atoms with Crippen LogP contribution < -0.4 is 11.4 Å². The van der Waals surface area contributed by atoms with Gasteiger partial charge in [0.2, 0.25) is 6.93 Å². The summed E-state index contributed by atoms with van der Waals surface area (Å²) in [4.78, 5) is 24.9. The molecule has 4 unspecified atom stereocenters. The van der Waals surface area contributed by atoms with Gasteiger partial charge in [-0.15, -0.1) is 0 Å². The van der Waals surface area contributed by atoms with Crippen LogP contribution in [0.1, 0.15) is 26.5 Å². The van der Waals surface area contributed by atoms with Gasteiger partial charge >= 0.3 is 14.3 Å². The summed E-state index contributed by atoms with van der Waals surface area (Å²) in [6.07, 6.45) is -0.664. The number of anilines is 1. The molecule has 1 fully saturated rings. The minimum Gasteiger partial charge on any atom is -0.388 e. The maximum Gasteiger partial charge on any atom is 0.351 e. The second-order valence-electron chi connectivity index (χ2n) is 5.28. The molecule has 12 heteroatoms. The predicted molar refractivity (Wildman–Crippen MR) is 85.8 cm³/mol. The molecule has 0 saturated carbocycles. The quantitative estimate of drug-likeness (QED) is 0.619. The zero-order valence-corrected chi connectivity index (χ0v) is 14.7. The highest BCUT2D eigenvalue weighted by Crippen LogP contribution is 2.36. The van der Waals surface area contributed by atoms with Crippen LogP contribution in [0.25, 0.3) is 0 Å². The fourth-order valence-corrected chi connectivity index (χ4v) is 2.78. The number of nitrogens with zero attached hydrogens (tertiary/aromatic N) is 2. The molecule has 0 radical (unpaired) electrons. The number of aliphatic hydroxyl groups is 1. The third-order valence-corrected chi connectivity index (χ3v) is 3.93. The smallest absolute Gasteiger partial charge is 0.351 e. The van der Waals surface area contributed by atoms with E-state index in [-0.39, 0.29) is 24.9 Å². The third kappa shape index (κ3) is 7.27. The summed E-state index contributed by atoms with van der Waals surface area (Å²) in [5.41, 5.74) is 4.82. The maximum atomic E-state index is 11.8. The Morgan fingerprint density at radius 2 is 2.20 bits per heavy atom. The number of aromatic nitrogens is 2. The Morgan fingerprint density at radius 1 is 1.56 bits per heavy atom. The molecule has 0 spiro atoms. The lowest BCUT2D eigenvalue weighted by atomic mass is 10.2. The number of hydrogen-bond donors (Lipinski definition) is 3. The van der Waals surface area contributed by atoms with Crippen molar-refractivity contribution in [1.82, 2.24) is 9.55 Å².